The molecule has 0 radical (unpaired) electrons. The number of amides is 1. The van der Waals surface area contributed by atoms with Crippen molar-refractivity contribution in [3.63, 3.8) is 0 Å². The normalized spacial score (nSPS) is 10.8. The molecule has 0 aliphatic carbocycles. The second-order valence-electron chi connectivity index (χ2n) is 4.98. The first-order valence-corrected chi connectivity index (χ1v) is 8.17. The van der Waals surface area contributed by atoms with Crippen molar-refractivity contribution in [1.29, 1.82) is 0 Å². The Morgan fingerprint density at radius 1 is 0.773 bits per heavy atom. The van der Waals surface area contributed by atoms with E-state index in [1.54, 1.807) is 0 Å². The van der Waals surface area contributed by atoms with Crippen LogP contribution in [0.15, 0.2) is 0 Å². The molecule has 7 heteroatoms. The maximum absolute atomic E-state index is 10.2. The van der Waals surface area contributed by atoms with Crippen LogP contribution in [-0.2, 0) is 14.2 Å². The Kier molecular flexibility index (Phi) is 17.4. The van der Waals surface area contributed by atoms with Crippen LogP contribution in [0.4, 0.5) is 4.79 Å². The predicted molar refractivity (Wildman–Crippen MR) is 85.2 cm³/mol. The van der Waals surface area contributed by atoms with Gasteiger partial charge in [-0.3, -0.25) is 0 Å². The van der Waals surface area contributed by atoms with Crippen molar-refractivity contribution in [1.82, 2.24) is 5.32 Å². The molecule has 4 N–H and O–H groups in total. The zero-order valence-electron chi connectivity index (χ0n) is 13.6. The molecule has 22 heavy (non-hydrogen) atoms. The Morgan fingerprint density at radius 3 is 1.77 bits per heavy atom. The summed E-state index contributed by atoms with van der Waals surface area (Å²) in [4.78, 5) is 10.2. The van der Waals surface area contributed by atoms with Gasteiger partial charge in [-0.25, -0.2) is 4.79 Å². The Morgan fingerprint density at radius 2 is 1.27 bits per heavy atom. The maximum Gasteiger partial charge on any atom is 0.404 e. The topological polar surface area (TPSA) is 103 Å². The fraction of sp³-hybridized carbons (Fsp3) is 0.933. The molecule has 0 spiro atoms. The number of nitrogens with two attached hydrogens (primary N) is 1. The molecule has 0 heterocycles. The summed E-state index contributed by atoms with van der Waals surface area (Å²) in [6, 6.07) is 0. The van der Waals surface area contributed by atoms with Gasteiger partial charge >= 0.3 is 6.09 Å². The van der Waals surface area contributed by atoms with E-state index in [4.69, 9.17) is 25.1 Å². The van der Waals surface area contributed by atoms with Crippen LogP contribution in [-0.4, -0.2) is 63.9 Å². The molecule has 0 atom stereocenters. The summed E-state index contributed by atoms with van der Waals surface area (Å²) in [6.07, 6.45) is 5.02. The number of hydrogen-bond acceptors (Lipinski definition) is 5. The lowest BCUT2D eigenvalue weighted by Crippen LogP contribution is -2.21. The zero-order valence-corrected chi connectivity index (χ0v) is 13.6. The standard InChI is InChI=1S/C15H32N2O5/c16-7-3-1-5-9-20-11-13-22-14-12-21-10-6-2-4-8-17-15(18)19/h17H,1-14,16H2,(H,18,19). The predicted octanol–water partition coefficient (Wildman–Crippen LogP) is 1.60. The van der Waals surface area contributed by atoms with Crippen LogP contribution in [0.5, 0.6) is 0 Å². The first kappa shape index (κ1) is 21.1. The molecule has 0 aliphatic heterocycles. The van der Waals surface area contributed by atoms with Gasteiger partial charge in [-0.2, -0.15) is 0 Å². The molecule has 7 nitrogen and oxygen atoms in total. The van der Waals surface area contributed by atoms with Crippen LogP contribution in [0.2, 0.25) is 0 Å². The highest BCUT2D eigenvalue weighted by Crippen LogP contribution is 1.95. The van der Waals surface area contributed by atoms with Gasteiger partial charge < -0.3 is 30.4 Å². The molecule has 0 unspecified atom stereocenters. The maximum atomic E-state index is 10.2. The van der Waals surface area contributed by atoms with E-state index in [2.05, 4.69) is 5.32 Å². The van der Waals surface area contributed by atoms with E-state index < -0.39 is 6.09 Å². The first-order valence-electron chi connectivity index (χ1n) is 8.17. The summed E-state index contributed by atoms with van der Waals surface area (Å²) < 4.78 is 16.2. The highest BCUT2D eigenvalue weighted by molar-refractivity contribution is 5.64. The lowest BCUT2D eigenvalue weighted by atomic mass is 10.2. The number of ether oxygens (including phenoxy) is 3. The van der Waals surface area contributed by atoms with Gasteiger partial charge in [-0.05, 0) is 45.1 Å². The molecule has 0 aliphatic rings. The van der Waals surface area contributed by atoms with Crippen molar-refractivity contribution in [3.05, 3.63) is 0 Å². The second kappa shape index (κ2) is 18.2. The Balaban J connectivity index is 2.95. The average Bonchev–Trinajstić information content (AvgIpc) is 2.50. The van der Waals surface area contributed by atoms with Gasteiger partial charge in [0, 0.05) is 19.8 Å². The van der Waals surface area contributed by atoms with Gasteiger partial charge in [0.15, 0.2) is 0 Å². The largest absolute Gasteiger partial charge is 0.465 e. The van der Waals surface area contributed by atoms with Crippen molar-refractivity contribution in [2.45, 2.75) is 38.5 Å². The molecule has 0 aromatic carbocycles. The van der Waals surface area contributed by atoms with Crippen LogP contribution in [0, 0.1) is 0 Å². The summed E-state index contributed by atoms with van der Waals surface area (Å²) in [6.45, 7) is 5.11. The van der Waals surface area contributed by atoms with Crippen LogP contribution in [0.25, 0.3) is 0 Å². The molecule has 0 bridgehead atoms. The lowest BCUT2D eigenvalue weighted by Gasteiger charge is -2.07. The molecule has 0 saturated heterocycles. The number of carbonyl (C=O) groups is 1. The number of carboxylic acid groups (broad SMARTS) is 1. The van der Waals surface area contributed by atoms with Gasteiger partial charge in [-0.15, -0.1) is 0 Å². The van der Waals surface area contributed by atoms with Crippen molar-refractivity contribution in [2.24, 2.45) is 5.73 Å². The van der Waals surface area contributed by atoms with Crippen molar-refractivity contribution in [3.8, 4) is 0 Å². The monoisotopic (exact) mass is 320 g/mol. The number of rotatable bonds is 17. The Hall–Kier alpha value is -0.890. The summed E-state index contributed by atoms with van der Waals surface area (Å²) in [5.74, 6) is 0. The fourth-order valence-corrected chi connectivity index (χ4v) is 1.77. The van der Waals surface area contributed by atoms with E-state index in [1.165, 1.54) is 0 Å². The van der Waals surface area contributed by atoms with Crippen LogP contribution in [0.3, 0.4) is 0 Å². The van der Waals surface area contributed by atoms with Gasteiger partial charge in [0.25, 0.3) is 0 Å². The van der Waals surface area contributed by atoms with Crippen LogP contribution in [0.1, 0.15) is 38.5 Å². The fourth-order valence-electron chi connectivity index (χ4n) is 1.77. The summed E-state index contributed by atoms with van der Waals surface area (Å²) in [5, 5.41) is 10.7. The summed E-state index contributed by atoms with van der Waals surface area (Å²) >= 11 is 0. The number of hydrogen-bond donors (Lipinski definition) is 3. The average molecular weight is 320 g/mol. The highest BCUT2D eigenvalue weighted by Gasteiger charge is 1.95. The van der Waals surface area contributed by atoms with Gasteiger partial charge in [-0.1, -0.05) is 0 Å². The van der Waals surface area contributed by atoms with Crippen LogP contribution < -0.4 is 11.1 Å². The molecule has 0 fully saturated rings. The quantitative estimate of drug-likeness (QED) is 0.352. The zero-order chi connectivity index (χ0) is 16.3. The molecule has 132 valence electrons. The smallest absolute Gasteiger partial charge is 0.404 e. The summed E-state index contributed by atoms with van der Waals surface area (Å²) in [7, 11) is 0. The Labute approximate surface area is 133 Å². The second-order valence-corrected chi connectivity index (χ2v) is 4.98. The minimum atomic E-state index is -0.965. The van der Waals surface area contributed by atoms with Crippen molar-refractivity contribution < 1.29 is 24.1 Å². The van der Waals surface area contributed by atoms with Crippen molar-refractivity contribution >= 4 is 6.09 Å². The Bertz CT molecular complexity index is 242. The van der Waals surface area contributed by atoms with Crippen molar-refractivity contribution in [2.75, 3.05) is 52.7 Å². The third kappa shape index (κ3) is 19.1. The molecular formula is C15H32N2O5. The molecule has 0 aromatic heterocycles. The number of nitrogens with one attached hydrogen (secondary N) is 1. The van der Waals surface area contributed by atoms with Gasteiger partial charge in [0.1, 0.15) is 0 Å². The molecule has 0 saturated carbocycles. The summed E-state index contributed by atoms with van der Waals surface area (Å²) in [5.41, 5.74) is 5.40. The van der Waals surface area contributed by atoms with E-state index in [0.717, 1.165) is 51.7 Å². The first-order chi connectivity index (χ1) is 10.8. The van der Waals surface area contributed by atoms with E-state index in [1.807, 2.05) is 0 Å². The highest BCUT2D eigenvalue weighted by atomic mass is 16.5. The van der Waals surface area contributed by atoms with E-state index in [9.17, 15) is 4.79 Å². The third-order valence-electron chi connectivity index (χ3n) is 2.98. The van der Waals surface area contributed by atoms with E-state index in [-0.39, 0.29) is 0 Å². The minimum absolute atomic E-state index is 0.505. The van der Waals surface area contributed by atoms with Gasteiger partial charge in [0.05, 0.1) is 26.4 Å². The van der Waals surface area contributed by atoms with E-state index >= 15 is 0 Å². The molecule has 0 rings (SSSR count). The number of unbranched alkanes of at least 4 members (excludes halogenated alkanes) is 4. The SMILES string of the molecule is NCCCCCOCCOCCOCCCCCNC(=O)O. The lowest BCUT2D eigenvalue weighted by molar-refractivity contribution is 0.0133. The van der Waals surface area contributed by atoms with E-state index in [0.29, 0.717) is 39.6 Å². The van der Waals surface area contributed by atoms with Gasteiger partial charge in [0.2, 0.25) is 0 Å². The van der Waals surface area contributed by atoms with Crippen LogP contribution >= 0.6 is 0 Å². The molecule has 0 aromatic rings. The minimum Gasteiger partial charge on any atom is -0.465 e. The molecular weight excluding hydrogens is 288 g/mol. The molecule has 1 amide bonds. The third-order valence-corrected chi connectivity index (χ3v) is 2.98.